The molecule has 7 heteroatoms. The number of hydrogen-bond donors (Lipinski definition) is 1. The minimum atomic E-state index is -0.458. The van der Waals surface area contributed by atoms with Crippen LogP contribution in [0.1, 0.15) is 25.8 Å². The van der Waals surface area contributed by atoms with Gasteiger partial charge in [0.1, 0.15) is 0 Å². The molecule has 0 unspecified atom stereocenters. The zero-order valence-electron chi connectivity index (χ0n) is 10.6. The Morgan fingerprint density at radius 3 is 2.47 bits per heavy atom. The average molecular weight is 262 g/mol. The van der Waals surface area contributed by atoms with E-state index in [1.54, 1.807) is 12.1 Å². The lowest BCUT2D eigenvalue weighted by molar-refractivity contribution is -0.384. The molecule has 0 bridgehead atoms. The van der Waals surface area contributed by atoms with Crippen LogP contribution in [0.4, 0.5) is 5.69 Å². The van der Waals surface area contributed by atoms with E-state index < -0.39 is 4.92 Å². The maximum Gasteiger partial charge on any atom is 0.269 e. The second-order valence-corrected chi connectivity index (χ2v) is 4.53. The second-order valence-electron chi connectivity index (χ2n) is 4.53. The van der Waals surface area contributed by atoms with Crippen LogP contribution in [0.2, 0.25) is 0 Å². The molecular formula is C12H14N4O3. The van der Waals surface area contributed by atoms with Crippen molar-refractivity contribution in [3.63, 3.8) is 0 Å². The molecule has 100 valence electrons. The first kappa shape index (κ1) is 13.2. The van der Waals surface area contributed by atoms with Crippen molar-refractivity contribution >= 4 is 5.69 Å². The molecule has 1 aromatic heterocycles. The topological polar surface area (TPSA) is 108 Å². The highest BCUT2D eigenvalue weighted by molar-refractivity contribution is 5.56. The number of nitro groups is 1. The highest BCUT2D eigenvalue weighted by Gasteiger charge is 2.18. The molecule has 19 heavy (non-hydrogen) atoms. The fourth-order valence-electron chi connectivity index (χ4n) is 1.51. The van der Waals surface area contributed by atoms with Crippen LogP contribution in [-0.2, 0) is 0 Å². The minimum Gasteiger partial charge on any atom is -0.337 e. The summed E-state index contributed by atoms with van der Waals surface area (Å²) < 4.78 is 5.10. The van der Waals surface area contributed by atoms with E-state index >= 15 is 0 Å². The number of non-ortho nitro benzene ring substituents is 1. The van der Waals surface area contributed by atoms with Crippen LogP contribution in [0.25, 0.3) is 11.4 Å². The quantitative estimate of drug-likeness (QED) is 0.669. The Bertz CT molecular complexity index is 577. The van der Waals surface area contributed by atoms with Crippen molar-refractivity contribution in [2.75, 3.05) is 0 Å². The van der Waals surface area contributed by atoms with E-state index in [0.29, 0.717) is 17.3 Å². The molecular weight excluding hydrogens is 248 g/mol. The Labute approximate surface area is 109 Å². The lowest BCUT2D eigenvalue weighted by Gasteiger charge is -2.09. The van der Waals surface area contributed by atoms with Gasteiger partial charge in [0.05, 0.1) is 11.0 Å². The predicted octanol–water partition coefficient (Wildman–Crippen LogP) is 2.30. The van der Waals surface area contributed by atoms with Crippen LogP contribution in [0.5, 0.6) is 0 Å². The number of nitro benzene ring substituents is 1. The number of rotatable bonds is 4. The highest BCUT2D eigenvalue weighted by Crippen LogP contribution is 2.23. The van der Waals surface area contributed by atoms with E-state index in [1.807, 2.05) is 13.8 Å². The maximum atomic E-state index is 10.6. The van der Waals surface area contributed by atoms with Gasteiger partial charge in [-0.1, -0.05) is 19.0 Å². The minimum absolute atomic E-state index is 0.0198. The SMILES string of the molecule is CC(C)[C@H](N)c1nc(-c2ccc([N+](=O)[O-])cc2)no1. The summed E-state index contributed by atoms with van der Waals surface area (Å²) in [5.74, 6) is 0.925. The molecule has 1 aromatic carbocycles. The second kappa shape index (κ2) is 5.15. The number of benzene rings is 1. The predicted molar refractivity (Wildman–Crippen MR) is 68.2 cm³/mol. The van der Waals surface area contributed by atoms with Gasteiger partial charge < -0.3 is 10.3 Å². The summed E-state index contributed by atoms with van der Waals surface area (Å²) >= 11 is 0. The summed E-state index contributed by atoms with van der Waals surface area (Å²) in [5, 5.41) is 14.4. The van der Waals surface area contributed by atoms with Gasteiger partial charge in [0.15, 0.2) is 0 Å². The Hall–Kier alpha value is -2.28. The molecule has 7 nitrogen and oxygen atoms in total. The van der Waals surface area contributed by atoms with E-state index in [-0.39, 0.29) is 17.6 Å². The van der Waals surface area contributed by atoms with Crippen LogP contribution in [-0.4, -0.2) is 15.1 Å². The van der Waals surface area contributed by atoms with Crippen molar-refractivity contribution in [1.29, 1.82) is 0 Å². The lowest BCUT2D eigenvalue weighted by Crippen LogP contribution is -2.16. The highest BCUT2D eigenvalue weighted by atomic mass is 16.6. The normalized spacial score (nSPS) is 12.6. The van der Waals surface area contributed by atoms with E-state index in [2.05, 4.69) is 10.1 Å². The fraction of sp³-hybridized carbons (Fsp3) is 0.333. The molecule has 0 aliphatic rings. The Morgan fingerprint density at radius 1 is 1.32 bits per heavy atom. The van der Waals surface area contributed by atoms with Crippen LogP contribution in [0, 0.1) is 16.0 Å². The molecule has 2 aromatic rings. The van der Waals surface area contributed by atoms with Crippen molar-refractivity contribution in [2.45, 2.75) is 19.9 Å². The molecule has 0 radical (unpaired) electrons. The summed E-state index contributed by atoms with van der Waals surface area (Å²) in [6, 6.07) is 5.63. The molecule has 0 fully saturated rings. The van der Waals surface area contributed by atoms with Crippen LogP contribution in [0.15, 0.2) is 28.8 Å². The van der Waals surface area contributed by atoms with E-state index in [1.165, 1.54) is 12.1 Å². The average Bonchev–Trinajstić information content (AvgIpc) is 2.87. The first-order valence-electron chi connectivity index (χ1n) is 5.83. The first-order chi connectivity index (χ1) is 8.99. The Morgan fingerprint density at radius 2 is 1.95 bits per heavy atom. The van der Waals surface area contributed by atoms with Crippen molar-refractivity contribution in [3.05, 3.63) is 40.3 Å². The van der Waals surface area contributed by atoms with Crippen molar-refractivity contribution in [3.8, 4) is 11.4 Å². The van der Waals surface area contributed by atoms with Gasteiger partial charge in [-0.05, 0) is 18.1 Å². The van der Waals surface area contributed by atoms with E-state index in [0.717, 1.165) is 0 Å². The molecule has 0 spiro atoms. The number of nitrogens with zero attached hydrogens (tertiary/aromatic N) is 3. The molecule has 1 atom stereocenters. The van der Waals surface area contributed by atoms with Gasteiger partial charge in [-0.25, -0.2) is 0 Å². The third-order valence-corrected chi connectivity index (χ3v) is 2.78. The molecule has 2 N–H and O–H groups in total. The largest absolute Gasteiger partial charge is 0.337 e. The van der Waals surface area contributed by atoms with Gasteiger partial charge in [0.2, 0.25) is 11.7 Å². The first-order valence-corrected chi connectivity index (χ1v) is 5.83. The van der Waals surface area contributed by atoms with Crippen LogP contribution < -0.4 is 5.73 Å². The van der Waals surface area contributed by atoms with Crippen molar-refractivity contribution < 1.29 is 9.45 Å². The Balaban J connectivity index is 2.25. The Kier molecular flexibility index (Phi) is 3.57. The van der Waals surface area contributed by atoms with Gasteiger partial charge in [0, 0.05) is 17.7 Å². The van der Waals surface area contributed by atoms with Crippen molar-refractivity contribution in [1.82, 2.24) is 10.1 Å². The van der Waals surface area contributed by atoms with Gasteiger partial charge in [-0.3, -0.25) is 10.1 Å². The molecule has 0 amide bonds. The summed E-state index contributed by atoms with van der Waals surface area (Å²) in [6.07, 6.45) is 0. The molecule has 0 saturated heterocycles. The third kappa shape index (κ3) is 2.76. The number of aromatic nitrogens is 2. The molecule has 0 aliphatic carbocycles. The van der Waals surface area contributed by atoms with Crippen LogP contribution >= 0.6 is 0 Å². The lowest BCUT2D eigenvalue weighted by atomic mass is 10.1. The fourth-order valence-corrected chi connectivity index (χ4v) is 1.51. The molecule has 2 rings (SSSR count). The zero-order chi connectivity index (χ0) is 14.0. The standard InChI is InChI=1S/C12H14N4O3/c1-7(2)10(13)12-14-11(15-19-12)8-3-5-9(6-4-8)16(17)18/h3-7,10H,13H2,1-2H3/t10-/m0/s1. The maximum absolute atomic E-state index is 10.6. The van der Waals surface area contributed by atoms with Crippen molar-refractivity contribution in [2.24, 2.45) is 11.7 Å². The van der Waals surface area contributed by atoms with Gasteiger partial charge >= 0.3 is 0 Å². The summed E-state index contributed by atoms with van der Waals surface area (Å²) in [7, 11) is 0. The number of nitrogens with two attached hydrogens (primary N) is 1. The number of hydrogen-bond acceptors (Lipinski definition) is 6. The molecule has 0 saturated carbocycles. The zero-order valence-corrected chi connectivity index (χ0v) is 10.6. The van der Waals surface area contributed by atoms with Gasteiger partial charge in [-0.2, -0.15) is 4.98 Å². The molecule has 1 heterocycles. The van der Waals surface area contributed by atoms with Crippen LogP contribution in [0.3, 0.4) is 0 Å². The summed E-state index contributed by atoms with van der Waals surface area (Å²) in [5.41, 5.74) is 6.58. The van der Waals surface area contributed by atoms with Gasteiger partial charge in [-0.15, -0.1) is 0 Å². The van der Waals surface area contributed by atoms with Gasteiger partial charge in [0.25, 0.3) is 5.69 Å². The third-order valence-electron chi connectivity index (χ3n) is 2.78. The van der Waals surface area contributed by atoms with E-state index in [9.17, 15) is 10.1 Å². The molecule has 0 aliphatic heterocycles. The monoisotopic (exact) mass is 262 g/mol. The summed E-state index contributed by atoms with van der Waals surface area (Å²) in [6.45, 7) is 3.92. The summed E-state index contributed by atoms with van der Waals surface area (Å²) in [4.78, 5) is 14.3. The smallest absolute Gasteiger partial charge is 0.269 e. The van der Waals surface area contributed by atoms with E-state index in [4.69, 9.17) is 10.3 Å².